The highest BCUT2D eigenvalue weighted by molar-refractivity contribution is 6.29. The summed E-state index contributed by atoms with van der Waals surface area (Å²) in [6, 6.07) is 18.2. The summed E-state index contributed by atoms with van der Waals surface area (Å²) < 4.78 is 0. The van der Waals surface area contributed by atoms with Crippen molar-refractivity contribution in [3.8, 4) is 11.8 Å². The summed E-state index contributed by atoms with van der Waals surface area (Å²) in [5.41, 5.74) is 4.21. The summed E-state index contributed by atoms with van der Waals surface area (Å²) >= 11 is 5.86. The number of nitrogens with one attached hydrogen (secondary N) is 5. The summed E-state index contributed by atoms with van der Waals surface area (Å²) in [5.74, 6) is 5.11. The maximum Gasteiger partial charge on any atom is 0.323 e. The molecule has 1 fully saturated rings. The molecule has 4 aromatic rings. The van der Waals surface area contributed by atoms with Crippen LogP contribution in [0.2, 0.25) is 5.15 Å². The molecule has 1 aliphatic rings. The number of ketones is 2. The Morgan fingerprint density at radius 3 is 2.25 bits per heavy atom. The number of piperidine rings is 1. The number of nitrogens with zero attached hydrogens (tertiary/aromatic N) is 2. The molecule has 0 saturated carbocycles. The van der Waals surface area contributed by atoms with Gasteiger partial charge in [0.2, 0.25) is 11.8 Å². The summed E-state index contributed by atoms with van der Waals surface area (Å²) in [4.78, 5) is 78.9. The number of carbonyl (C=O) groups excluding carboxylic acids is 6. The molecule has 5 amide bonds. The van der Waals surface area contributed by atoms with Crippen LogP contribution in [0.5, 0.6) is 0 Å². The smallest absolute Gasteiger partial charge is 0.323 e. The fourth-order valence-electron chi connectivity index (χ4n) is 5.29. The third-order valence-corrected chi connectivity index (χ3v) is 8.59. The van der Waals surface area contributed by atoms with Crippen molar-refractivity contribution in [2.75, 3.05) is 29.0 Å². The molecule has 0 radical (unpaired) electrons. The second kappa shape index (κ2) is 20.9. The van der Waals surface area contributed by atoms with Gasteiger partial charge in [-0.15, -0.1) is 0 Å². The number of halogens is 1. The van der Waals surface area contributed by atoms with Crippen LogP contribution >= 0.6 is 11.6 Å². The molecule has 5 rings (SSSR count). The maximum atomic E-state index is 12.8. The van der Waals surface area contributed by atoms with Crippen molar-refractivity contribution in [2.45, 2.75) is 53.4 Å². The standard InChI is InChI=1S/C36H35ClN6O4.C6H9NO2/c1-23(2)34(45)32-21-28(11-12-31(32)24(3)44)38-15-4-5-16-41-35(46)26-8-6-7-25(19-26)9-10-27-20-29(13-17-39-27)42-36(47)43-30-14-18-40-33(37)22-30;1-4-2-3-5(8)7-6(4)9/h6-8,11-14,17-23,38H,4-5,15-16H2,1-3H3,(H,41,46)(H2,39,40,42,43,47);4H,2-3H2,1H3,(H,7,8,9). The van der Waals surface area contributed by atoms with Gasteiger partial charge in [-0.3, -0.25) is 29.3 Å². The fraction of sp³-hybridized carbons (Fsp3) is 0.286. The number of benzene rings is 2. The van der Waals surface area contributed by atoms with Crippen LogP contribution < -0.4 is 26.6 Å². The summed E-state index contributed by atoms with van der Waals surface area (Å²) in [7, 11) is 0. The highest BCUT2D eigenvalue weighted by Gasteiger charge is 2.22. The number of rotatable bonds is 12. The fourth-order valence-corrected chi connectivity index (χ4v) is 5.46. The number of aromatic nitrogens is 2. The van der Waals surface area contributed by atoms with Crippen LogP contribution in [-0.2, 0) is 9.59 Å². The number of anilines is 3. The number of hydrogen-bond donors (Lipinski definition) is 5. The third kappa shape index (κ3) is 13.5. The van der Waals surface area contributed by atoms with Gasteiger partial charge < -0.3 is 21.3 Å². The number of Topliss-reactive ketones (excluding diaryl/α,β-unsaturated/α-hetero) is 2. The maximum absolute atomic E-state index is 12.8. The topological polar surface area (TPSA) is 188 Å². The first kappa shape index (κ1) is 42.4. The minimum Gasteiger partial charge on any atom is -0.385 e. The highest BCUT2D eigenvalue weighted by Crippen LogP contribution is 2.21. The van der Waals surface area contributed by atoms with E-state index in [0.717, 1.165) is 18.5 Å². The molecule has 1 aliphatic heterocycles. The van der Waals surface area contributed by atoms with Crippen molar-refractivity contribution in [2.24, 2.45) is 11.8 Å². The van der Waals surface area contributed by atoms with Crippen LogP contribution in [0.25, 0.3) is 0 Å². The number of imide groups is 1. The van der Waals surface area contributed by atoms with E-state index in [1.54, 1.807) is 60.7 Å². The first-order valence-electron chi connectivity index (χ1n) is 18.1. The Labute approximate surface area is 330 Å². The predicted molar refractivity (Wildman–Crippen MR) is 216 cm³/mol. The number of hydrogen-bond acceptors (Lipinski definition) is 9. The predicted octanol–water partition coefficient (Wildman–Crippen LogP) is 6.90. The molecule has 2 aromatic heterocycles. The number of amides is 5. The van der Waals surface area contributed by atoms with E-state index in [2.05, 4.69) is 48.4 Å². The molecule has 1 unspecified atom stereocenters. The minimum atomic E-state index is -0.457. The summed E-state index contributed by atoms with van der Waals surface area (Å²) in [6.07, 6.45) is 5.75. The lowest BCUT2D eigenvalue weighted by molar-refractivity contribution is -0.135. The normalized spacial score (nSPS) is 13.2. The van der Waals surface area contributed by atoms with Crippen LogP contribution in [0, 0.1) is 23.7 Å². The van der Waals surface area contributed by atoms with Crippen molar-refractivity contribution in [1.82, 2.24) is 20.6 Å². The molecule has 56 heavy (non-hydrogen) atoms. The average Bonchev–Trinajstić information content (AvgIpc) is 3.16. The van der Waals surface area contributed by atoms with Gasteiger partial charge in [-0.25, -0.2) is 14.8 Å². The minimum absolute atomic E-state index is 0.0164. The van der Waals surface area contributed by atoms with E-state index in [1.165, 1.54) is 25.4 Å². The van der Waals surface area contributed by atoms with E-state index >= 15 is 0 Å². The lowest BCUT2D eigenvalue weighted by Gasteiger charge is -2.15. The van der Waals surface area contributed by atoms with E-state index in [9.17, 15) is 28.8 Å². The molecule has 290 valence electrons. The Morgan fingerprint density at radius 2 is 1.57 bits per heavy atom. The molecule has 0 spiro atoms. The molecular weight excluding hydrogens is 734 g/mol. The number of unbranched alkanes of at least 4 members (excludes halogenated alkanes) is 1. The van der Waals surface area contributed by atoms with E-state index in [1.807, 2.05) is 20.8 Å². The van der Waals surface area contributed by atoms with Gasteiger partial charge in [-0.1, -0.05) is 44.4 Å². The zero-order chi connectivity index (χ0) is 40.6. The number of carbonyl (C=O) groups is 6. The Morgan fingerprint density at radius 1 is 0.857 bits per heavy atom. The largest absolute Gasteiger partial charge is 0.385 e. The SMILES string of the molecule is CC(=O)c1ccc(NCCCCNC(=O)c2cccc(C#Cc3cc(NC(=O)Nc4ccnc(Cl)c4)ccn3)c2)cc1C(=O)C(C)C.CC1CCC(=O)NC1=O. The first-order valence-corrected chi connectivity index (χ1v) is 18.5. The van der Waals surface area contributed by atoms with Gasteiger partial charge >= 0.3 is 6.03 Å². The molecule has 3 heterocycles. The highest BCUT2D eigenvalue weighted by atomic mass is 35.5. The Balaban J connectivity index is 0.000000678. The van der Waals surface area contributed by atoms with E-state index in [4.69, 9.17) is 11.6 Å². The van der Waals surface area contributed by atoms with E-state index in [-0.39, 0.29) is 46.3 Å². The summed E-state index contributed by atoms with van der Waals surface area (Å²) in [6.45, 7) is 8.04. The van der Waals surface area contributed by atoms with Crippen molar-refractivity contribution < 1.29 is 28.8 Å². The van der Waals surface area contributed by atoms with Gasteiger partial charge in [-0.2, -0.15) is 0 Å². The monoisotopic (exact) mass is 777 g/mol. The zero-order valence-electron chi connectivity index (χ0n) is 31.6. The Kier molecular flexibility index (Phi) is 15.8. The molecule has 1 saturated heterocycles. The van der Waals surface area contributed by atoms with Crippen LogP contribution in [0.4, 0.5) is 21.9 Å². The molecule has 0 aliphatic carbocycles. The second-order valence-electron chi connectivity index (χ2n) is 13.3. The van der Waals surface area contributed by atoms with Gasteiger partial charge in [0, 0.05) is 83.1 Å². The van der Waals surface area contributed by atoms with Gasteiger partial charge in [0.25, 0.3) is 5.91 Å². The molecule has 13 nitrogen and oxygen atoms in total. The molecule has 0 bridgehead atoms. The van der Waals surface area contributed by atoms with Gasteiger partial charge in [0.1, 0.15) is 10.8 Å². The first-order chi connectivity index (χ1) is 26.8. The van der Waals surface area contributed by atoms with Crippen molar-refractivity contribution >= 4 is 64.0 Å². The van der Waals surface area contributed by atoms with Crippen molar-refractivity contribution in [3.63, 3.8) is 0 Å². The Bertz CT molecular complexity index is 2160. The van der Waals surface area contributed by atoms with Crippen LogP contribution in [0.15, 0.2) is 79.1 Å². The van der Waals surface area contributed by atoms with Crippen LogP contribution in [0.3, 0.4) is 0 Å². The zero-order valence-corrected chi connectivity index (χ0v) is 32.4. The van der Waals surface area contributed by atoms with Gasteiger partial charge in [0.05, 0.1) is 0 Å². The lowest BCUT2D eigenvalue weighted by atomic mass is 9.94. The molecule has 5 N–H and O–H groups in total. The lowest BCUT2D eigenvalue weighted by Crippen LogP contribution is -2.39. The van der Waals surface area contributed by atoms with Gasteiger partial charge in [-0.05, 0) is 92.8 Å². The van der Waals surface area contributed by atoms with Crippen LogP contribution in [-0.4, -0.2) is 58.4 Å². The van der Waals surface area contributed by atoms with E-state index in [0.29, 0.717) is 65.3 Å². The third-order valence-electron chi connectivity index (χ3n) is 8.38. The van der Waals surface area contributed by atoms with Crippen LogP contribution in [0.1, 0.15) is 95.7 Å². The van der Waals surface area contributed by atoms with E-state index < -0.39 is 6.03 Å². The molecule has 2 aromatic carbocycles. The quantitative estimate of drug-likeness (QED) is 0.0335. The summed E-state index contributed by atoms with van der Waals surface area (Å²) in [5, 5.41) is 14.2. The van der Waals surface area contributed by atoms with Crippen molar-refractivity contribution in [3.05, 3.63) is 112 Å². The van der Waals surface area contributed by atoms with Crippen molar-refractivity contribution in [1.29, 1.82) is 0 Å². The van der Waals surface area contributed by atoms with Gasteiger partial charge in [0.15, 0.2) is 11.6 Å². The molecule has 14 heteroatoms. The number of pyridine rings is 2. The Hall–Kier alpha value is -6.39. The number of urea groups is 1. The molecular formula is C42H44ClN7O6. The molecule has 1 atom stereocenters. The average molecular weight is 778 g/mol. The second-order valence-corrected chi connectivity index (χ2v) is 13.7.